The van der Waals surface area contributed by atoms with Crippen LogP contribution in [0, 0.1) is 5.92 Å². The van der Waals surface area contributed by atoms with Gasteiger partial charge in [0.25, 0.3) is 11.8 Å². The van der Waals surface area contributed by atoms with E-state index in [1.165, 1.54) is 6.92 Å². The zero-order valence-corrected chi connectivity index (χ0v) is 15.3. The number of amides is 2. The number of carbonyl (C=O) groups excluding carboxylic acids is 5. The molecule has 0 aromatic rings. The Hall–Kier alpha value is -2.45. The summed E-state index contributed by atoms with van der Waals surface area (Å²) in [7, 11) is 0. The van der Waals surface area contributed by atoms with Gasteiger partial charge in [-0.05, 0) is 19.8 Å². The standard InChI is InChI=1S/C17H25NO8/c1-4-5-10-24-16(22)11(2)6-9-15(21)25-12(3)17(23)26-18-13(19)7-8-14(18)20/h11-12H,4-10H2,1-3H3/t11-,12-/m0/s1. The fourth-order valence-electron chi connectivity index (χ4n) is 2.04. The fourth-order valence-corrected chi connectivity index (χ4v) is 2.04. The zero-order chi connectivity index (χ0) is 19.7. The van der Waals surface area contributed by atoms with E-state index in [4.69, 9.17) is 9.47 Å². The third kappa shape index (κ3) is 6.81. The molecule has 0 aromatic heterocycles. The predicted molar refractivity (Wildman–Crippen MR) is 87.0 cm³/mol. The smallest absolute Gasteiger partial charge is 0.373 e. The van der Waals surface area contributed by atoms with Crippen molar-refractivity contribution in [3.8, 4) is 0 Å². The van der Waals surface area contributed by atoms with Crippen LogP contribution in [0.25, 0.3) is 0 Å². The molecule has 1 aliphatic heterocycles. The van der Waals surface area contributed by atoms with Gasteiger partial charge in [-0.1, -0.05) is 20.3 Å². The Bertz CT molecular complexity index is 543. The Morgan fingerprint density at radius 2 is 1.69 bits per heavy atom. The third-order valence-corrected chi connectivity index (χ3v) is 3.75. The lowest BCUT2D eigenvalue weighted by atomic mass is 10.1. The van der Waals surface area contributed by atoms with E-state index < -0.39 is 35.8 Å². The predicted octanol–water partition coefficient (Wildman–Crippen LogP) is 1.28. The second-order valence-corrected chi connectivity index (χ2v) is 6.09. The molecule has 0 unspecified atom stereocenters. The molecule has 0 aromatic carbocycles. The molecule has 0 spiro atoms. The average molecular weight is 371 g/mol. The van der Waals surface area contributed by atoms with Crippen molar-refractivity contribution in [1.82, 2.24) is 5.06 Å². The van der Waals surface area contributed by atoms with Gasteiger partial charge in [-0.3, -0.25) is 19.2 Å². The maximum Gasteiger partial charge on any atom is 0.373 e. The minimum atomic E-state index is -1.28. The molecule has 9 heteroatoms. The summed E-state index contributed by atoms with van der Waals surface area (Å²) in [4.78, 5) is 62.7. The molecule has 0 saturated carbocycles. The first kappa shape index (κ1) is 21.6. The molecular weight excluding hydrogens is 346 g/mol. The Labute approximate surface area is 151 Å². The summed E-state index contributed by atoms with van der Waals surface area (Å²) in [6.45, 7) is 5.24. The molecule has 146 valence electrons. The summed E-state index contributed by atoms with van der Waals surface area (Å²) in [6, 6.07) is 0. The van der Waals surface area contributed by atoms with E-state index in [9.17, 15) is 24.0 Å². The summed E-state index contributed by atoms with van der Waals surface area (Å²) in [5.74, 6) is -3.79. The molecule has 2 atom stereocenters. The van der Waals surface area contributed by atoms with Crippen molar-refractivity contribution in [2.24, 2.45) is 5.92 Å². The molecule has 2 amide bonds. The summed E-state index contributed by atoms with van der Waals surface area (Å²) >= 11 is 0. The molecular formula is C17H25NO8. The van der Waals surface area contributed by atoms with Crippen molar-refractivity contribution in [2.75, 3.05) is 6.61 Å². The fraction of sp³-hybridized carbons (Fsp3) is 0.706. The van der Waals surface area contributed by atoms with Crippen LogP contribution in [0.4, 0.5) is 0 Å². The average Bonchev–Trinajstić information content (AvgIpc) is 2.91. The van der Waals surface area contributed by atoms with Crippen LogP contribution in [0.3, 0.4) is 0 Å². The number of nitrogens with zero attached hydrogens (tertiary/aromatic N) is 1. The van der Waals surface area contributed by atoms with Gasteiger partial charge in [0.05, 0.1) is 12.5 Å². The molecule has 1 fully saturated rings. The second-order valence-electron chi connectivity index (χ2n) is 6.09. The highest BCUT2D eigenvalue weighted by molar-refractivity contribution is 6.01. The highest BCUT2D eigenvalue weighted by atomic mass is 16.7. The Kier molecular flexibility index (Phi) is 8.74. The van der Waals surface area contributed by atoms with Gasteiger partial charge in [-0.2, -0.15) is 0 Å². The Morgan fingerprint density at radius 1 is 1.08 bits per heavy atom. The van der Waals surface area contributed by atoms with Crippen LogP contribution in [0.15, 0.2) is 0 Å². The van der Waals surface area contributed by atoms with E-state index in [2.05, 4.69) is 4.84 Å². The molecule has 1 rings (SSSR count). The lowest BCUT2D eigenvalue weighted by molar-refractivity contribution is -0.205. The molecule has 26 heavy (non-hydrogen) atoms. The summed E-state index contributed by atoms with van der Waals surface area (Å²) in [6.07, 6.45) is 0.505. The maximum absolute atomic E-state index is 11.8. The minimum Gasteiger partial charge on any atom is -0.465 e. The number of ether oxygens (including phenoxy) is 2. The number of hydrogen-bond donors (Lipinski definition) is 0. The first-order valence-corrected chi connectivity index (χ1v) is 8.70. The highest BCUT2D eigenvalue weighted by Gasteiger charge is 2.34. The molecule has 1 heterocycles. The monoisotopic (exact) mass is 371 g/mol. The van der Waals surface area contributed by atoms with Crippen molar-refractivity contribution < 1.29 is 38.3 Å². The van der Waals surface area contributed by atoms with Gasteiger partial charge in [0, 0.05) is 19.3 Å². The summed E-state index contributed by atoms with van der Waals surface area (Å²) < 4.78 is 9.96. The maximum atomic E-state index is 11.8. The van der Waals surface area contributed by atoms with Crippen molar-refractivity contribution in [1.29, 1.82) is 0 Å². The molecule has 9 nitrogen and oxygen atoms in total. The number of carbonyl (C=O) groups is 5. The molecule has 1 aliphatic rings. The van der Waals surface area contributed by atoms with Crippen molar-refractivity contribution in [2.45, 2.75) is 65.4 Å². The number of hydrogen-bond acceptors (Lipinski definition) is 8. The Morgan fingerprint density at radius 3 is 2.27 bits per heavy atom. The third-order valence-electron chi connectivity index (χ3n) is 3.75. The van der Waals surface area contributed by atoms with Crippen LogP contribution >= 0.6 is 0 Å². The number of hydroxylamine groups is 2. The molecule has 0 bridgehead atoms. The van der Waals surface area contributed by atoms with E-state index >= 15 is 0 Å². The first-order chi connectivity index (χ1) is 12.3. The molecule has 0 N–H and O–H groups in total. The van der Waals surface area contributed by atoms with Gasteiger partial charge in [-0.25, -0.2) is 4.79 Å². The van der Waals surface area contributed by atoms with E-state index in [-0.39, 0.29) is 31.7 Å². The molecule has 0 radical (unpaired) electrons. The minimum absolute atomic E-state index is 0.0213. The van der Waals surface area contributed by atoms with Crippen LogP contribution in [0.1, 0.15) is 59.3 Å². The quantitative estimate of drug-likeness (QED) is 0.320. The van der Waals surface area contributed by atoms with E-state index in [0.717, 1.165) is 12.8 Å². The lowest BCUT2D eigenvalue weighted by Gasteiger charge is -2.17. The first-order valence-electron chi connectivity index (χ1n) is 8.70. The summed E-state index contributed by atoms with van der Waals surface area (Å²) in [5, 5.41) is 0.390. The van der Waals surface area contributed by atoms with Crippen molar-refractivity contribution >= 4 is 29.7 Å². The van der Waals surface area contributed by atoms with E-state index in [0.29, 0.717) is 11.7 Å². The van der Waals surface area contributed by atoms with Crippen molar-refractivity contribution in [3.63, 3.8) is 0 Å². The van der Waals surface area contributed by atoms with Gasteiger partial charge < -0.3 is 14.3 Å². The van der Waals surface area contributed by atoms with Gasteiger partial charge in [0.1, 0.15) is 0 Å². The van der Waals surface area contributed by atoms with Crippen LogP contribution in [0.2, 0.25) is 0 Å². The van der Waals surface area contributed by atoms with Crippen LogP contribution in [0.5, 0.6) is 0 Å². The number of imide groups is 1. The number of unbranched alkanes of at least 4 members (excludes halogenated alkanes) is 1. The normalized spacial score (nSPS) is 16.2. The molecule has 0 aliphatic carbocycles. The largest absolute Gasteiger partial charge is 0.465 e. The van der Waals surface area contributed by atoms with Gasteiger partial charge in [0.15, 0.2) is 6.10 Å². The Balaban J connectivity index is 2.33. The lowest BCUT2D eigenvalue weighted by Crippen LogP contribution is -2.37. The highest BCUT2D eigenvalue weighted by Crippen LogP contribution is 2.14. The SMILES string of the molecule is CCCCOC(=O)[C@@H](C)CCC(=O)O[C@@H](C)C(=O)ON1C(=O)CCC1=O. The van der Waals surface area contributed by atoms with Gasteiger partial charge in [0.2, 0.25) is 0 Å². The zero-order valence-electron chi connectivity index (χ0n) is 15.3. The topological polar surface area (TPSA) is 116 Å². The molecule has 1 saturated heterocycles. The number of esters is 2. The van der Waals surface area contributed by atoms with Crippen molar-refractivity contribution in [3.05, 3.63) is 0 Å². The van der Waals surface area contributed by atoms with E-state index in [1.54, 1.807) is 6.92 Å². The van der Waals surface area contributed by atoms with Gasteiger partial charge in [-0.15, -0.1) is 5.06 Å². The van der Waals surface area contributed by atoms with Gasteiger partial charge >= 0.3 is 17.9 Å². The van der Waals surface area contributed by atoms with E-state index in [1.807, 2.05) is 6.92 Å². The number of rotatable bonds is 10. The second kappa shape index (κ2) is 10.5. The van der Waals surface area contributed by atoms with Crippen LogP contribution in [-0.4, -0.2) is 47.5 Å². The van der Waals surface area contributed by atoms with Crippen LogP contribution < -0.4 is 0 Å². The van der Waals surface area contributed by atoms with Crippen LogP contribution in [-0.2, 0) is 38.3 Å². The summed E-state index contributed by atoms with van der Waals surface area (Å²) in [5.41, 5.74) is 0.